The largest absolute Gasteiger partial charge is 0.349 e. The molecule has 1 saturated carbocycles. The molecular formula is C29H38N4O3. The van der Waals surface area contributed by atoms with Gasteiger partial charge in [0.2, 0.25) is 11.5 Å². The maximum Gasteiger partial charge on any atom is 0.255 e. The van der Waals surface area contributed by atoms with Gasteiger partial charge < -0.3 is 20.1 Å². The summed E-state index contributed by atoms with van der Waals surface area (Å²) in [4.78, 5) is 45.1. The zero-order valence-electron chi connectivity index (χ0n) is 21.5. The first-order chi connectivity index (χ1) is 17.4. The van der Waals surface area contributed by atoms with Crippen LogP contribution in [0.15, 0.2) is 41.2 Å². The number of rotatable bonds is 7. The highest BCUT2D eigenvalue weighted by Crippen LogP contribution is 2.33. The first-order valence-electron chi connectivity index (χ1n) is 13.5. The van der Waals surface area contributed by atoms with Crippen LogP contribution < -0.4 is 10.9 Å². The van der Waals surface area contributed by atoms with Crippen LogP contribution in [0.2, 0.25) is 0 Å². The van der Waals surface area contributed by atoms with Crippen LogP contribution in [0.25, 0.3) is 0 Å². The molecule has 7 nitrogen and oxygen atoms in total. The van der Waals surface area contributed by atoms with Gasteiger partial charge in [0.05, 0.1) is 11.6 Å². The normalized spacial score (nSPS) is 23.1. The van der Waals surface area contributed by atoms with E-state index < -0.39 is 0 Å². The molecule has 1 aromatic heterocycles. The van der Waals surface area contributed by atoms with E-state index in [4.69, 9.17) is 0 Å². The van der Waals surface area contributed by atoms with Gasteiger partial charge in [-0.1, -0.05) is 43.2 Å². The van der Waals surface area contributed by atoms with Crippen molar-refractivity contribution in [3.8, 4) is 0 Å². The third-order valence-corrected chi connectivity index (χ3v) is 8.47. The Hall–Kier alpha value is -2.93. The Kier molecular flexibility index (Phi) is 7.28. The summed E-state index contributed by atoms with van der Waals surface area (Å²) in [6.07, 6.45) is 5.23. The Bertz CT molecular complexity index is 1110. The Morgan fingerprint density at radius 2 is 1.69 bits per heavy atom. The second kappa shape index (κ2) is 10.6. The lowest BCUT2D eigenvalue weighted by molar-refractivity contribution is -0.125. The number of carbonyl (C=O) groups is 2. The lowest BCUT2D eigenvalue weighted by Gasteiger charge is -2.26. The highest BCUT2D eigenvalue weighted by molar-refractivity contribution is 5.96. The Labute approximate surface area is 213 Å². The maximum atomic E-state index is 13.2. The van der Waals surface area contributed by atoms with E-state index in [1.165, 1.54) is 11.6 Å². The molecule has 2 aromatic rings. The number of carbonyl (C=O) groups excluding carboxylic acids is 2. The number of aryl methyl sites for hydroxylation is 2. The van der Waals surface area contributed by atoms with Crippen molar-refractivity contribution < 1.29 is 9.59 Å². The Morgan fingerprint density at radius 1 is 1.03 bits per heavy atom. The number of H-pyrrole nitrogens is 1. The molecule has 192 valence electrons. The number of aromatic nitrogens is 1. The van der Waals surface area contributed by atoms with Crippen LogP contribution in [0.1, 0.15) is 65.3 Å². The average Bonchev–Trinajstić information content (AvgIpc) is 3.58. The zero-order valence-corrected chi connectivity index (χ0v) is 21.5. The van der Waals surface area contributed by atoms with E-state index >= 15 is 0 Å². The van der Waals surface area contributed by atoms with Gasteiger partial charge in [-0.2, -0.15) is 0 Å². The molecule has 2 unspecified atom stereocenters. The third kappa shape index (κ3) is 5.26. The van der Waals surface area contributed by atoms with Gasteiger partial charge in [0.1, 0.15) is 0 Å². The number of aromatic amines is 1. The molecule has 7 heteroatoms. The van der Waals surface area contributed by atoms with E-state index in [9.17, 15) is 14.4 Å². The monoisotopic (exact) mass is 490 g/mol. The van der Waals surface area contributed by atoms with Crippen molar-refractivity contribution in [2.24, 2.45) is 17.8 Å². The van der Waals surface area contributed by atoms with E-state index in [2.05, 4.69) is 27.3 Å². The van der Waals surface area contributed by atoms with Gasteiger partial charge in [-0.25, -0.2) is 0 Å². The second-order valence-electron chi connectivity index (χ2n) is 11.0. The van der Waals surface area contributed by atoms with Crippen molar-refractivity contribution in [3.05, 3.63) is 69.1 Å². The number of pyridine rings is 1. The van der Waals surface area contributed by atoms with Crippen LogP contribution in [0.4, 0.5) is 0 Å². The van der Waals surface area contributed by atoms with Crippen LogP contribution in [0, 0.1) is 31.6 Å². The molecule has 5 rings (SSSR count). The number of hydrogen-bond donors (Lipinski definition) is 2. The van der Waals surface area contributed by atoms with Crippen molar-refractivity contribution >= 4 is 11.8 Å². The predicted octanol–water partition coefficient (Wildman–Crippen LogP) is 3.43. The standard InChI is InChI=1S/C29H38N4O3/c1-19-14-26(34)30-20(2)27(19)29(36)33-17-23-15-32(16-24(23)18-33)13-12-25(21-8-4-3-5-9-21)31-28(35)22-10-6-7-11-22/h3-5,8-9,14,22-25H,6-7,10-13,15-18H2,1-2H3,(H,30,34)(H,31,35)/t23?,24?,25-/m0/s1. The number of benzene rings is 1. The second-order valence-corrected chi connectivity index (χ2v) is 11.0. The van der Waals surface area contributed by atoms with Gasteiger partial charge >= 0.3 is 0 Å². The summed E-state index contributed by atoms with van der Waals surface area (Å²) in [6.45, 7) is 8.06. The number of amides is 2. The van der Waals surface area contributed by atoms with Crippen LogP contribution in [0.5, 0.6) is 0 Å². The van der Waals surface area contributed by atoms with Crippen LogP contribution in [0.3, 0.4) is 0 Å². The molecule has 0 radical (unpaired) electrons. The fourth-order valence-corrected chi connectivity index (χ4v) is 6.57. The number of nitrogens with zero attached hydrogens (tertiary/aromatic N) is 2. The van der Waals surface area contributed by atoms with E-state index in [1.807, 2.05) is 30.0 Å². The van der Waals surface area contributed by atoms with Crippen molar-refractivity contribution in [2.75, 3.05) is 32.7 Å². The van der Waals surface area contributed by atoms with Crippen molar-refractivity contribution in [2.45, 2.75) is 52.0 Å². The fraction of sp³-hybridized carbons (Fsp3) is 0.552. The van der Waals surface area contributed by atoms with E-state index in [1.54, 1.807) is 6.92 Å². The molecule has 2 aliphatic heterocycles. The molecule has 2 N–H and O–H groups in total. The molecular weight excluding hydrogens is 452 g/mol. The lowest BCUT2D eigenvalue weighted by atomic mass is 10.0. The number of hydrogen-bond acceptors (Lipinski definition) is 4. The molecule has 3 heterocycles. The smallest absolute Gasteiger partial charge is 0.255 e. The van der Waals surface area contributed by atoms with Gasteiger partial charge in [0.25, 0.3) is 5.91 Å². The van der Waals surface area contributed by atoms with Crippen LogP contribution >= 0.6 is 0 Å². The average molecular weight is 491 g/mol. The summed E-state index contributed by atoms with van der Waals surface area (Å²) in [7, 11) is 0. The molecule has 2 saturated heterocycles. The maximum absolute atomic E-state index is 13.2. The van der Waals surface area contributed by atoms with Gasteiger partial charge in [-0.05, 0) is 56.1 Å². The molecule has 36 heavy (non-hydrogen) atoms. The first-order valence-corrected chi connectivity index (χ1v) is 13.5. The van der Waals surface area contributed by atoms with Crippen LogP contribution in [-0.2, 0) is 4.79 Å². The Morgan fingerprint density at radius 3 is 2.33 bits per heavy atom. The quantitative estimate of drug-likeness (QED) is 0.623. The van der Waals surface area contributed by atoms with Gasteiger partial charge in [-0.3, -0.25) is 14.4 Å². The zero-order chi connectivity index (χ0) is 25.2. The third-order valence-electron chi connectivity index (χ3n) is 8.47. The first kappa shape index (κ1) is 24.8. The molecule has 2 amide bonds. The summed E-state index contributed by atoms with van der Waals surface area (Å²) in [5.74, 6) is 1.35. The summed E-state index contributed by atoms with van der Waals surface area (Å²) >= 11 is 0. The summed E-state index contributed by atoms with van der Waals surface area (Å²) < 4.78 is 0. The minimum Gasteiger partial charge on any atom is -0.349 e. The van der Waals surface area contributed by atoms with E-state index in [0.29, 0.717) is 23.1 Å². The van der Waals surface area contributed by atoms with Crippen molar-refractivity contribution in [1.29, 1.82) is 0 Å². The summed E-state index contributed by atoms with van der Waals surface area (Å²) in [5, 5.41) is 3.36. The highest BCUT2D eigenvalue weighted by atomic mass is 16.2. The van der Waals surface area contributed by atoms with E-state index in [0.717, 1.165) is 70.4 Å². The number of nitrogens with one attached hydrogen (secondary N) is 2. The van der Waals surface area contributed by atoms with Gasteiger partial charge in [-0.15, -0.1) is 0 Å². The van der Waals surface area contributed by atoms with Crippen LogP contribution in [-0.4, -0.2) is 59.3 Å². The van der Waals surface area contributed by atoms with Crippen molar-refractivity contribution in [1.82, 2.24) is 20.1 Å². The molecule has 3 fully saturated rings. The number of fused-ring (bicyclic) bond motifs is 1. The highest BCUT2D eigenvalue weighted by Gasteiger charge is 2.42. The molecule has 3 aliphatic rings. The molecule has 0 bridgehead atoms. The van der Waals surface area contributed by atoms with Gasteiger partial charge in [0, 0.05) is 50.4 Å². The molecule has 1 aromatic carbocycles. The molecule has 1 aliphatic carbocycles. The van der Waals surface area contributed by atoms with E-state index in [-0.39, 0.29) is 29.3 Å². The lowest BCUT2D eigenvalue weighted by Crippen LogP contribution is -2.37. The minimum atomic E-state index is -0.163. The minimum absolute atomic E-state index is 0.0287. The molecule has 3 atom stereocenters. The SMILES string of the molecule is Cc1cc(=O)[nH]c(C)c1C(=O)N1CC2CN(CC[C@H](NC(=O)C3CCCC3)c3ccccc3)CC2C1. The molecule has 0 spiro atoms. The topological polar surface area (TPSA) is 85.5 Å². The fourth-order valence-electron chi connectivity index (χ4n) is 6.57. The predicted molar refractivity (Wildman–Crippen MR) is 140 cm³/mol. The summed E-state index contributed by atoms with van der Waals surface area (Å²) in [6, 6.07) is 11.9. The summed E-state index contributed by atoms with van der Waals surface area (Å²) in [5.41, 5.74) is 3.03. The van der Waals surface area contributed by atoms with Gasteiger partial charge in [0.15, 0.2) is 0 Å². The number of likely N-dealkylation sites (tertiary alicyclic amines) is 2. The Balaban J connectivity index is 1.17. The van der Waals surface area contributed by atoms with Crippen molar-refractivity contribution in [3.63, 3.8) is 0 Å².